The van der Waals surface area contributed by atoms with Crippen LogP contribution in [0.3, 0.4) is 0 Å². The van der Waals surface area contributed by atoms with Crippen LogP contribution < -0.4 is 9.47 Å². The summed E-state index contributed by atoms with van der Waals surface area (Å²) in [5.41, 5.74) is 1.33. The summed E-state index contributed by atoms with van der Waals surface area (Å²) >= 11 is 0. The van der Waals surface area contributed by atoms with Gasteiger partial charge in [0.15, 0.2) is 11.5 Å². The molecule has 20 heavy (non-hydrogen) atoms. The van der Waals surface area contributed by atoms with E-state index in [1.54, 1.807) is 7.11 Å². The van der Waals surface area contributed by atoms with Crippen molar-refractivity contribution in [1.29, 1.82) is 0 Å². The van der Waals surface area contributed by atoms with E-state index in [-0.39, 0.29) is 0 Å². The lowest BCUT2D eigenvalue weighted by Crippen LogP contribution is -2.26. The molecule has 0 amide bonds. The van der Waals surface area contributed by atoms with Gasteiger partial charge in [-0.1, -0.05) is 13.0 Å². The largest absolute Gasteiger partial charge is 0.493 e. The quantitative estimate of drug-likeness (QED) is 0.763. The van der Waals surface area contributed by atoms with E-state index in [1.807, 2.05) is 13.0 Å². The Hall–Kier alpha value is -1.22. The molecule has 0 radical (unpaired) electrons. The molecule has 0 spiro atoms. The first-order valence-corrected chi connectivity index (χ1v) is 7.75. The molecule has 0 saturated carbocycles. The first-order valence-electron chi connectivity index (χ1n) is 7.75. The van der Waals surface area contributed by atoms with E-state index in [4.69, 9.17) is 9.47 Å². The zero-order valence-corrected chi connectivity index (χ0v) is 13.0. The van der Waals surface area contributed by atoms with Crippen LogP contribution in [0, 0.1) is 5.92 Å². The first kappa shape index (κ1) is 15.2. The van der Waals surface area contributed by atoms with E-state index >= 15 is 0 Å². The summed E-state index contributed by atoms with van der Waals surface area (Å²) in [5, 5.41) is 0. The summed E-state index contributed by atoms with van der Waals surface area (Å²) in [6.45, 7) is 8.76. The van der Waals surface area contributed by atoms with Gasteiger partial charge in [-0.05, 0) is 62.9 Å². The Balaban J connectivity index is 1.95. The van der Waals surface area contributed by atoms with Crippen molar-refractivity contribution in [2.24, 2.45) is 5.92 Å². The Morgan fingerprint density at radius 2 is 1.95 bits per heavy atom. The molecule has 1 aromatic rings. The zero-order chi connectivity index (χ0) is 14.4. The molecular formula is C17H27NO2. The Morgan fingerprint density at radius 1 is 1.20 bits per heavy atom. The van der Waals surface area contributed by atoms with Crippen molar-refractivity contribution in [1.82, 2.24) is 4.90 Å². The highest BCUT2D eigenvalue weighted by Gasteiger charge is 2.15. The molecular weight excluding hydrogens is 250 g/mol. The van der Waals surface area contributed by atoms with Crippen molar-refractivity contribution in [2.45, 2.75) is 33.1 Å². The third kappa shape index (κ3) is 4.14. The molecule has 1 aliphatic heterocycles. The number of rotatable bonds is 7. The molecule has 1 fully saturated rings. The zero-order valence-electron chi connectivity index (χ0n) is 13.0. The maximum absolute atomic E-state index is 5.65. The minimum Gasteiger partial charge on any atom is -0.493 e. The van der Waals surface area contributed by atoms with E-state index in [1.165, 1.54) is 38.0 Å². The van der Waals surface area contributed by atoms with Gasteiger partial charge in [-0.15, -0.1) is 0 Å². The lowest BCUT2D eigenvalue weighted by molar-refractivity contribution is 0.286. The molecule has 0 N–H and O–H groups in total. The van der Waals surface area contributed by atoms with Crippen LogP contribution in [0.25, 0.3) is 0 Å². The van der Waals surface area contributed by atoms with Crippen molar-refractivity contribution in [3.63, 3.8) is 0 Å². The molecule has 1 aromatic carbocycles. The molecule has 0 aliphatic carbocycles. The Kier molecular flexibility index (Phi) is 5.72. The molecule has 2 rings (SSSR count). The third-order valence-electron chi connectivity index (χ3n) is 3.88. The molecule has 1 unspecified atom stereocenters. The van der Waals surface area contributed by atoms with Gasteiger partial charge in [0.2, 0.25) is 0 Å². The van der Waals surface area contributed by atoms with Gasteiger partial charge in [-0.3, -0.25) is 0 Å². The minimum absolute atomic E-state index is 0.670. The first-order chi connectivity index (χ1) is 9.72. The van der Waals surface area contributed by atoms with Crippen molar-refractivity contribution in [2.75, 3.05) is 33.4 Å². The van der Waals surface area contributed by atoms with Gasteiger partial charge < -0.3 is 14.4 Å². The number of hydrogen-bond acceptors (Lipinski definition) is 3. The summed E-state index contributed by atoms with van der Waals surface area (Å²) in [6, 6.07) is 6.30. The number of methoxy groups -OCH3 is 1. The summed E-state index contributed by atoms with van der Waals surface area (Å²) in [6.07, 6.45) is 3.83. The lowest BCUT2D eigenvalue weighted by Gasteiger charge is -2.20. The number of hydrogen-bond donors (Lipinski definition) is 0. The summed E-state index contributed by atoms with van der Waals surface area (Å²) in [4.78, 5) is 2.58. The fourth-order valence-electron chi connectivity index (χ4n) is 2.99. The molecule has 3 nitrogen and oxygen atoms in total. The lowest BCUT2D eigenvalue weighted by atomic mass is 10.0. The monoisotopic (exact) mass is 277 g/mol. The predicted molar refractivity (Wildman–Crippen MR) is 82.7 cm³/mol. The van der Waals surface area contributed by atoms with Crippen LogP contribution in [0.15, 0.2) is 18.2 Å². The fraction of sp³-hybridized carbons (Fsp3) is 0.647. The highest BCUT2D eigenvalue weighted by Crippen LogP contribution is 2.29. The van der Waals surface area contributed by atoms with E-state index in [0.29, 0.717) is 12.5 Å². The van der Waals surface area contributed by atoms with E-state index < -0.39 is 0 Å². The van der Waals surface area contributed by atoms with Crippen LogP contribution in [0.4, 0.5) is 0 Å². The van der Waals surface area contributed by atoms with Gasteiger partial charge in [-0.2, -0.15) is 0 Å². The van der Waals surface area contributed by atoms with Crippen LogP contribution in [0.5, 0.6) is 11.5 Å². The molecule has 1 saturated heterocycles. The average Bonchev–Trinajstić information content (AvgIpc) is 2.92. The number of ether oxygens (including phenoxy) is 2. The summed E-state index contributed by atoms with van der Waals surface area (Å²) < 4.78 is 11.0. The molecule has 1 heterocycles. The Morgan fingerprint density at radius 3 is 2.60 bits per heavy atom. The van der Waals surface area contributed by atoms with Crippen LogP contribution >= 0.6 is 0 Å². The maximum Gasteiger partial charge on any atom is 0.161 e. The molecule has 3 heteroatoms. The van der Waals surface area contributed by atoms with Gasteiger partial charge >= 0.3 is 0 Å². The summed E-state index contributed by atoms with van der Waals surface area (Å²) in [5.74, 6) is 2.36. The number of nitrogens with zero attached hydrogens (tertiary/aromatic N) is 1. The molecule has 1 aliphatic rings. The minimum atomic E-state index is 0.670. The van der Waals surface area contributed by atoms with Crippen LogP contribution in [-0.4, -0.2) is 38.3 Å². The Labute approximate surface area is 122 Å². The second-order valence-corrected chi connectivity index (χ2v) is 5.74. The van der Waals surface area contributed by atoms with Crippen molar-refractivity contribution >= 4 is 0 Å². The molecule has 0 bridgehead atoms. The standard InChI is InChI=1S/C17H27NO2/c1-4-20-17-12-15(7-8-16(17)19-3)11-14(2)13-18-9-5-6-10-18/h7-8,12,14H,4-6,9-11,13H2,1-3H3. The van der Waals surface area contributed by atoms with Gasteiger partial charge in [0, 0.05) is 6.54 Å². The van der Waals surface area contributed by atoms with Crippen LogP contribution in [0.2, 0.25) is 0 Å². The van der Waals surface area contributed by atoms with Crippen molar-refractivity contribution in [3.8, 4) is 11.5 Å². The van der Waals surface area contributed by atoms with Crippen molar-refractivity contribution < 1.29 is 9.47 Å². The second kappa shape index (κ2) is 7.53. The van der Waals surface area contributed by atoms with Gasteiger partial charge in [0.05, 0.1) is 13.7 Å². The predicted octanol–water partition coefficient (Wildman–Crippen LogP) is 3.37. The highest BCUT2D eigenvalue weighted by atomic mass is 16.5. The topological polar surface area (TPSA) is 21.7 Å². The van der Waals surface area contributed by atoms with Gasteiger partial charge in [-0.25, -0.2) is 0 Å². The van der Waals surface area contributed by atoms with Gasteiger partial charge in [0.25, 0.3) is 0 Å². The summed E-state index contributed by atoms with van der Waals surface area (Å²) in [7, 11) is 1.69. The van der Waals surface area contributed by atoms with E-state index in [2.05, 4.69) is 24.0 Å². The SMILES string of the molecule is CCOc1cc(CC(C)CN2CCCC2)ccc1OC. The fourth-order valence-corrected chi connectivity index (χ4v) is 2.99. The molecule has 0 aromatic heterocycles. The van der Waals surface area contributed by atoms with E-state index in [0.717, 1.165) is 17.9 Å². The highest BCUT2D eigenvalue weighted by molar-refractivity contribution is 5.43. The maximum atomic E-state index is 5.65. The molecule has 112 valence electrons. The van der Waals surface area contributed by atoms with Crippen molar-refractivity contribution in [3.05, 3.63) is 23.8 Å². The average molecular weight is 277 g/mol. The van der Waals surface area contributed by atoms with Gasteiger partial charge in [0.1, 0.15) is 0 Å². The number of likely N-dealkylation sites (tertiary alicyclic amines) is 1. The smallest absolute Gasteiger partial charge is 0.161 e. The number of benzene rings is 1. The van der Waals surface area contributed by atoms with Crippen LogP contribution in [-0.2, 0) is 6.42 Å². The van der Waals surface area contributed by atoms with Crippen LogP contribution in [0.1, 0.15) is 32.3 Å². The third-order valence-corrected chi connectivity index (χ3v) is 3.88. The normalized spacial score (nSPS) is 17.1. The Bertz CT molecular complexity index is 413. The molecule has 1 atom stereocenters. The van der Waals surface area contributed by atoms with E-state index in [9.17, 15) is 0 Å². The second-order valence-electron chi connectivity index (χ2n) is 5.74.